The molecule has 0 radical (unpaired) electrons. The molecule has 0 amide bonds. The van der Waals surface area contributed by atoms with Gasteiger partial charge in [-0.15, -0.1) is 0 Å². The summed E-state index contributed by atoms with van der Waals surface area (Å²) in [6.07, 6.45) is 5.89. The summed E-state index contributed by atoms with van der Waals surface area (Å²) in [4.78, 5) is 17.4. The van der Waals surface area contributed by atoms with Crippen LogP contribution in [0.2, 0.25) is 5.02 Å². The van der Waals surface area contributed by atoms with Gasteiger partial charge in [-0.2, -0.15) is 0 Å². The molecular weight excluding hydrogens is 456 g/mol. The van der Waals surface area contributed by atoms with Gasteiger partial charge in [0.25, 0.3) is 5.56 Å². The highest BCUT2D eigenvalue weighted by Crippen LogP contribution is 2.37. The van der Waals surface area contributed by atoms with Crippen LogP contribution in [0.4, 0.5) is 0 Å². The molecule has 1 atom stereocenters. The van der Waals surface area contributed by atoms with Crippen molar-refractivity contribution in [2.45, 2.75) is 38.8 Å². The molecule has 1 aliphatic carbocycles. The predicted molar refractivity (Wildman–Crippen MR) is 141 cm³/mol. The van der Waals surface area contributed by atoms with E-state index in [-0.39, 0.29) is 11.5 Å². The molecule has 5 nitrogen and oxygen atoms in total. The van der Waals surface area contributed by atoms with Gasteiger partial charge in [0.1, 0.15) is 5.54 Å². The highest BCUT2D eigenvalue weighted by Gasteiger charge is 2.35. The van der Waals surface area contributed by atoms with E-state index in [1.54, 1.807) is 18.6 Å². The summed E-state index contributed by atoms with van der Waals surface area (Å²) in [5.41, 5.74) is 10.5. The minimum Gasteiger partial charge on any atom is -0.336 e. The summed E-state index contributed by atoms with van der Waals surface area (Å²) in [5.74, 6) is 7.25. The molecule has 0 spiro atoms. The largest absolute Gasteiger partial charge is 0.336 e. The Morgan fingerprint density at radius 3 is 2.49 bits per heavy atom. The number of nitrogens with two attached hydrogens (primary N) is 1. The van der Waals surface area contributed by atoms with Crippen molar-refractivity contribution in [2.75, 3.05) is 0 Å². The van der Waals surface area contributed by atoms with E-state index < -0.39 is 5.54 Å². The van der Waals surface area contributed by atoms with Crippen molar-refractivity contribution in [2.24, 2.45) is 24.6 Å². The normalized spacial score (nSPS) is 15.1. The molecule has 2 aromatic carbocycles. The van der Waals surface area contributed by atoms with E-state index >= 15 is 0 Å². The van der Waals surface area contributed by atoms with Crippen LogP contribution in [-0.4, -0.2) is 14.1 Å². The van der Waals surface area contributed by atoms with Crippen molar-refractivity contribution in [3.05, 3.63) is 98.8 Å². The Balaban J connectivity index is 1.78. The van der Waals surface area contributed by atoms with E-state index in [4.69, 9.17) is 17.3 Å². The van der Waals surface area contributed by atoms with E-state index in [0.717, 1.165) is 39.8 Å². The number of hydrogen-bond donors (Lipinski definition) is 1. The lowest BCUT2D eigenvalue weighted by Crippen LogP contribution is -2.41. The maximum absolute atomic E-state index is 13.1. The topological polar surface area (TPSA) is 65.8 Å². The first kappa shape index (κ1) is 23.4. The zero-order chi connectivity index (χ0) is 24.7. The molecule has 2 heterocycles. The maximum atomic E-state index is 13.1. The van der Waals surface area contributed by atoms with Crippen LogP contribution in [0.1, 0.15) is 49.1 Å². The number of fused-ring (bicyclic) bond motifs is 1. The van der Waals surface area contributed by atoms with E-state index in [0.29, 0.717) is 10.9 Å². The van der Waals surface area contributed by atoms with Gasteiger partial charge in [0.05, 0.1) is 23.7 Å². The van der Waals surface area contributed by atoms with Gasteiger partial charge in [0, 0.05) is 41.5 Å². The molecule has 2 N–H and O–H groups in total. The first-order chi connectivity index (χ1) is 16.8. The lowest BCUT2D eigenvalue weighted by atomic mass is 9.80. The zero-order valence-corrected chi connectivity index (χ0v) is 21.0. The number of hydrogen-bond acceptors (Lipinski definition) is 3. The Bertz CT molecular complexity index is 1520. The number of halogens is 1. The number of pyridine rings is 1. The fraction of sp³-hybridized carbons (Fsp3) is 0.310. The fourth-order valence-corrected chi connectivity index (χ4v) is 4.74. The number of rotatable bonds is 5. The molecule has 2 aromatic heterocycles. The van der Waals surface area contributed by atoms with Gasteiger partial charge in [0.15, 0.2) is 0 Å². The zero-order valence-electron chi connectivity index (χ0n) is 20.3. The maximum Gasteiger partial charge on any atom is 0.252 e. The summed E-state index contributed by atoms with van der Waals surface area (Å²) in [5, 5.41) is 1.58. The molecule has 0 bridgehead atoms. The van der Waals surface area contributed by atoms with Crippen molar-refractivity contribution in [1.82, 2.24) is 14.1 Å². The van der Waals surface area contributed by atoms with Gasteiger partial charge in [-0.3, -0.25) is 4.79 Å². The number of benzene rings is 2. The second-order valence-corrected chi connectivity index (χ2v) is 10.2. The number of aryl methyl sites for hydroxylation is 1. The van der Waals surface area contributed by atoms with E-state index in [2.05, 4.69) is 22.9 Å². The van der Waals surface area contributed by atoms with Crippen LogP contribution in [0, 0.1) is 23.7 Å². The molecule has 5 rings (SSSR count). The summed E-state index contributed by atoms with van der Waals surface area (Å²) in [7, 11) is 1.94. The molecule has 35 heavy (non-hydrogen) atoms. The quantitative estimate of drug-likeness (QED) is 0.403. The van der Waals surface area contributed by atoms with Crippen LogP contribution in [0.3, 0.4) is 0 Å². The van der Waals surface area contributed by atoms with Crippen molar-refractivity contribution in [3.8, 4) is 11.8 Å². The lowest BCUT2D eigenvalue weighted by molar-refractivity contribution is 0.596. The SMILES string of the molecule is CC(C)C#Cc1cc(=O)n(CC2CC2)c2ccc(C(N)(c3ccc(Cl)cc3)c3cncn3C)cc12. The van der Waals surface area contributed by atoms with Crippen LogP contribution in [0.25, 0.3) is 10.9 Å². The van der Waals surface area contributed by atoms with E-state index in [9.17, 15) is 4.79 Å². The summed E-state index contributed by atoms with van der Waals surface area (Å²) < 4.78 is 3.83. The Kier molecular flexibility index (Phi) is 6.04. The van der Waals surface area contributed by atoms with Gasteiger partial charge in [-0.1, -0.05) is 55.5 Å². The number of imidazole rings is 1. The standard InChI is InChI=1S/C29H29ClN4O/c1-19(2)4-7-21-14-28(35)34(17-20-5-6-20)26-13-10-23(15-25(21)26)29(31,27-16-32-18-33(27)3)22-8-11-24(30)12-9-22/h8-16,18-20H,5-6,17,31H2,1-3H3. The molecule has 1 fully saturated rings. The highest BCUT2D eigenvalue weighted by molar-refractivity contribution is 6.30. The van der Waals surface area contributed by atoms with Gasteiger partial charge >= 0.3 is 0 Å². The average Bonchev–Trinajstić information content (AvgIpc) is 3.56. The van der Waals surface area contributed by atoms with Crippen LogP contribution >= 0.6 is 11.6 Å². The average molecular weight is 485 g/mol. The van der Waals surface area contributed by atoms with Crippen LogP contribution in [0.15, 0.2) is 65.8 Å². The van der Waals surface area contributed by atoms with Gasteiger partial charge in [0.2, 0.25) is 0 Å². The lowest BCUT2D eigenvalue weighted by Gasteiger charge is -2.31. The third kappa shape index (κ3) is 4.40. The van der Waals surface area contributed by atoms with Crippen molar-refractivity contribution < 1.29 is 0 Å². The van der Waals surface area contributed by atoms with Gasteiger partial charge in [-0.05, 0) is 54.2 Å². The van der Waals surface area contributed by atoms with Gasteiger partial charge in [-0.25, -0.2) is 4.98 Å². The Labute approximate surface area is 210 Å². The highest BCUT2D eigenvalue weighted by atomic mass is 35.5. The van der Waals surface area contributed by atoms with Crippen molar-refractivity contribution in [3.63, 3.8) is 0 Å². The first-order valence-electron chi connectivity index (χ1n) is 12.0. The monoisotopic (exact) mass is 484 g/mol. The van der Waals surface area contributed by atoms with Crippen LogP contribution in [-0.2, 0) is 19.1 Å². The summed E-state index contributed by atoms with van der Waals surface area (Å²) in [6, 6.07) is 15.4. The molecule has 0 saturated heterocycles. The minimum atomic E-state index is -0.982. The van der Waals surface area contributed by atoms with Crippen LogP contribution in [0.5, 0.6) is 0 Å². The third-order valence-electron chi connectivity index (χ3n) is 6.72. The number of aromatic nitrogens is 3. The smallest absolute Gasteiger partial charge is 0.252 e. The minimum absolute atomic E-state index is 0.00597. The molecule has 6 heteroatoms. The molecule has 178 valence electrons. The second kappa shape index (κ2) is 9.03. The van der Waals surface area contributed by atoms with E-state index in [1.165, 1.54) is 12.8 Å². The molecule has 1 aliphatic rings. The third-order valence-corrected chi connectivity index (χ3v) is 6.97. The molecule has 1 saturated carbocycles. The first-order valence-corrected chi connectivity index (χ1v) is 12.4. The Morgan fingerprint density at radius 2 is 1.86 bits per heavy atom. The number of nitrogens with zero attached hydrogens (tertiary/aromatic N) is 3. The van der Waals surface area contributed by atoms with Crippen LogP contribution < -0.4 is 11.3 Å². The van der Waals surface area contributed by atoms with Gasteiger partial charge < -0.3 is 14.9 Å². The predicted octanol–water partition coefficient (Wildman–Crippen LogP) is 5.06. The van der Waals surface area contributed by atoms with E-state index in [1.807, 2.05) is 66.4 Å². The Hall–Kier alpha value is -3.33. The van der Waals surface area contributed by atoms with Crippen molar-refractivity contribution in [1.29, 1.82) is 0 Å². The molecule has 0 aliphatic heterocycles. The summed E-state index contributed by atoms with van der Waals surface area (Å²) in [6.45, 7) is 4.82. The fourth-order valence-electron chi connectivity index (χ4n) is 4.62. The molecule has 4 aromatic rings. The Morgan fingerprint density at radius 1 is 1.14 bits per heavy atom. The summed E-state index contributed by atoms with van der Waals surface area (Å²) >= 11 is 6.20. The van der Waals surface area contributed by atoms with Crippen molar-refractivity contribution >= 4 is 22.5 Å². The second-order valence-electron chi connectivity index (χ2n) is 9.81. The molecular formula is C29H29ClN4O. The molecule has 1 unspecified atom stereocenters.